The Bertz CT molecular complexity index is 453. The van der Waals surface area contributed by atoms with Gasteiger partial charge in [0.15, 0.2) is 0 Å². The predicted molar refractivity (Wildman–Crippen MR) is 100 cm³/mol. The number of halogens is 2. The summed E-state index contributed by atoms with van der Waals surface area (Å²) in [6.45, 7) is 18.0. The predicted octanol–water partition coefficient (Wildman–Crippen LogP) is 1.31. The molecule has 0 saturated heterocycles. The molecule has 0 aliphatic rings. The largest absolute Gasteiger partial charge is 4.00 e. The fourth-order valence-electron chi connectivity index (χ4n) is 3.00. The van der Waals surface area contributed by atoms with Gasteiger partial charge in [0.25, 0.3) is 0 Å². The van der Waals surface area contributed by atoms with Crippen LogP contribution in [-0.4, -0.2) is 0 Å². The van der Waals surface area contributed by atoms with Gasteiger partial charge in [0.1, 0.15) is 0 Å². The molecular formula is C22H34Cl2Zr. The molecule has 0 amide bonds. The van der Waals surface area contributed by atoms with E-state index in [0.29, 0.717) is 23.7 Å². The van der Waals surface area contributed by atoms with E-state index in [0.717, 1.165) is 0 Å². The molecule has 0 spiro atoms. The van der Waals surface area contributed by atoms with Gasteiger partial charge >= 0.3 is 26.2 Å². The van der Waals surface area contributed by atoms with Crippen LogP contribution in [-0.2, 0) is 26.2 Å². The molecule has 2 aromatic rings. The van der Waals surface area contributed by atoms with Crippen LogP contribution >= 0.6 is 0 Å². The minimum Gasteiger partial charge on any atom is -1.00 e. The Hall–Kier alpha value is 0.163. The second-order valence-electron chi connectivity index (χ2n) is 7.49. The molecule has 140 valence electrons. The van der Waals surface area contributed by atoms with Crippen LogP contribution in [0.5, 0.6) is 0 Å². The van der Waals surface area contributed by atoms with Gasteiger partial charge in [-0.3, -0.25) is 0 Å². The molecule has 0 aliphatic heterocycles. The van der Waals surface area contributed by atoms with Crippen molar-refractivity contribution in [2.24, 2.45) is 0 Å². The molecule has 0 nitrogen and oxygen atoms in total. The molecule has 0 radical (unpaired) electrons. The van der Waals surface area contributed by atoms with Crippen LogP contribution in [0, 0.1) is 0 Å². The van der Waals surface area contributed by atoms with Crippen molar-refractivity contribution in [3.05, 3.63) is 58.7 Å². The molecule has 0 N–H and O–H groups in total. The molecule has 0 bridgehead atoms. The van der Waals surface area contributed by atoms with Crippen LogP contribution in [0.15, 0.2) is 36.4 Å². The zero-order valence-corrected chi connectivity index (χ0v) is 21.0. The number of hydrogen-bond acceptors (Lipinski definition) is 0. The first kappa shape index (κ1) is 29.9. The number of rotatable bonds is 4. The summed E-state index contributed by atoms with van der Waals surface area (Å²) in [5.41, 5.74) is 6.06. The zero-order chi connectivity index (χ0) is 16.9. The summed E-state index contributed by atoms with van der Waals surface area (Å²) in [4.78, 5) is 0. The normalized spacial score (nSPS) is 10.1. The summed E-state index contributed by atoms with van der Waals surface area (Å²) >= 11 is 0. The third-order valence-electron chi connectivity index (χ3n) is 4.26. The van der Waals surface area contributed by atoms with Gasteiger partial charge in [0.05, 0.1) is 0 Å². The smallest absolute Gasteiger partial charge is 1.00 e. The first-order valence-electron chi connectivity index (χ1n) is 8.76. The minimum absolute atomic E-state index is 0. The van der Waals surface area contributed by atoms with Gasteiger partial charge < -0.3 is 24.8 Å². The van der Waals surface area contributed by atoms with Crippen molar-refractivity contribution in [2.75, 3.05) is 0 Å². The fourth-order valence-corrected chi connectivity index (χ4v) is 3.00. The van der Waals surface area contributed by atoms with Crippen LogP contribution in [0.3, 0.4) is 0 Å². The zero-order valence-electron chi connectivity index (χ0n) is 17.0. The van der Waals surface area contributed by atoms with E-state index in [1.165, 1.54) is 22.3 Å². The molecular weight excluding hydrogens is 426 g/mol. The summed E-state index contributed by atoms with van der Waals surface area (Å²) < 4.78 is 0. The van der Waals surface area contributed by atoms with Crippen molar-refractivity contribution < 1.29 is 51.0 Å². The van der Waals surface area contributed by atoms with E-state index >= 15 is 0 Å². The van der Waals surface area contributed by atoms with Crippen LogP contribution in [0.4, 0.5) is 0 Å². The van der Waals surface area contributed by atoms with E-state index in [-0.39, 0.29) is 51.0 Å². The van der Waals surface area contributed by atoms with E-state index in [1.54, 1.807) is 0 Å². The van der Waals surface area contributed by atoms with Crippen molar-refractivity contribution in [3.8, 4) is 0 Å². The van der Waals surface area contributed by atoms with Gasteiger partial charge in [-0.1, -0.05) is 67.2 Å². The van der Waals surface area contributed by atoms with Crippen LogP contribution in [0.2, 0.25) is 0 Å². The summed E-state index contributed by atoms with van der Waals surface area (Å²) in [5, 5.41) is 0. The molecule has 2 rings (SSSR count). The molecule has 0 saturated carbocycles. The molecule has 0 fully saturated rings. The third-order valence-corrected chi connectivity index (χ3v) is 4.26. The summed E-state index contributed by atoms with van der Waals surface area (Å²) in [6.07, 6.45) is 0. The van der Waals surface area contributed by atoms with Crippen molar-refractivity contribution in [1.82, 2.24) is 0 Å². The third kappa shape index (κ3) is 9.08. The standard InChI is InChI=1S/2C11H17.2ClH.Zr/c2*1-8(2)10-6-5-7-11(10)9(3)4;;;/h2*5-9H,1-4H3;2*1H;/q2*-1;;;+4/p-2. The van der Waals surface area contributed by atoms with Crippen LogP contribution in [0.25, 0.3) is 0 Å². The Labute approximate surface area is 187 Å². The molecule has 2 aromatic carbocycles. The van der Waals surface area contributed by atoms with E-state index in [9.17, 15) is 0 Å². The summed E-state index contributed by atoms with van der Waals surface area (Å²) in [6, 6.07) is 13.3. The first-order chi connectivity index (χ1) is 10.3. The summed E-state index contributed by atoms with van der Waals surface area (Å²) in [5.74, 6) is 2.68. The average molecular weight is 461 g/mol. The monoisotopic (exact) mass is 458 g/mol. The maximum atomic E-state index is 2.25. The average Bonchev–Trinajstić information content (AvgIpc) is 3.08. The quantitative estimate of drug-likeness (QED) is 0.604. The Morgan fingerprint density at radius 2 is 0.880 bits per heavy atom. The number of hydrogen-bond donors (Lipinski definition) is 0. The summed E-state index contributed by atoms with van der Waals surface area (Å²) in [7, 11) is 0. The van der Waals surface area contributed by atoms with E-state index in [2.05, 4.69) is 91.8 Å². The minimum atomic E-state index is 0. The van der Waals surface area contributed by atoms with E-state index < -0.39 is 0 Å². The Balaban J connectivity index is -0.000000346. The molecule has 0 unspecified atom stereocenters. The van der Waals surface area contributed by atoms with E-state index in [4.69, 9.17) is 0 Å². The van der Waals surface area contributed by atoms with Gasteiger partial charge in [-0.25, -0.2) is 24.3 Å². The first-order valence-corrected chi connectivity index (χ1v) is 8.76. The Morgan fingerprint density at radius 3 is 1.04 bits per heavy atom. The molecule has 0 atom stereocenters. The SMILES string of the molecule is CC(C)c1ccc[c-]1C(C)C.CC(C)c1ccc[c-]1C(C)C.[Cl-].[Cl-].[Zr+4]. The van der Waals surface area contributed by atoms with Crippen LogP contribution < -0.4 is 24.8 Å². The van der Waals surface area contributed by atoms with Gasteiger partial charge in [-0.15, -0.1) is 0 Å². The fraction of sp³-hybridized carbons (Fsp3) is 0.545. The Kier molecular flexibility index (Phi) is 17.0. The van der Waals surface area contributed by atoms with Gasteiger partial charge in [-0.2, -0.15) is 34.4 Å². The van der Waals surface area contributed by atoms with Crippen molar-refractivity contribution >= 4 is 0 Å². The van der Waals surface area contributed by atoms with Crippen LogP contribution in [0.1, 0.15) is 101 Å². The Morgan fingerprint density at radius 1 is 0.600 bits per heavy atom. The van der Waals surface area contributed by atoms with Gasteiger partial charge in [-0.05, 0) is 11.8 Å². The topological polar surface area (TPSA) is 0 Å². The molecule has 0 aliphatic carbocycles. The van der Waals surface area contributed by atoms with E-state index in [1.807, 2.05) is 0 Å². The van der Waals surface area contributed by atoms with Crippen molar-refractivity contribution in [1.29, 1.82) is 0 Å². The molecule has 25 heavy (non-hydrogen) atoms. The molecule has 0 heterocycles. The van der Waals surface area contributed by atoms with Gasteiger partial charge in [0.2, 0.25) is 0 Å². The van der Waals surface area contributed by atoms with Crippen molar-refractivity contribution in [3.63, 3.8) is 0 Å². The maximum absolute atomic E-state index is 2.25. The maximum Gasteiger partial charge on any atom is 4.00 e. The van der Waals surface area contributed by atoms with Gasteiger partial charge in [0, 0.05) is 0 Å². The molecule has 0 aromatic heterocycles. The second-order valence-corrected chi connectivity index (χ2v) is 7.49. The van der Waals surface area contributed by atoms with Crippen molar-refractivity contribution in [2.45, 2.75) is 79.1 Å². The second kappa shape index (κ2) is 14.2. The molecule has 3 heteroatoms.